The Morgan fingerprint density at radius 2 is 2.05 bits per heavy atom. The molecule has 0 radical (unpaired) electrons. The molecule has 0 unspecified atom stereocenters. The molecule has 19 heavy (non-hydrogen) atoms. The first-order valence-corrected chi connectivity index (χ1v) is 5.76. The van der Waals surface area contributed by atoms with Crippen molar-refractivity contribution in [2.24, 2.45) is 0 Å². The molecule has 0 aliphatic heterocycles. The number of hydrogen-bond acceptors (Lipinski definition) is 4. The average molecular weight is 257 g/mol. The van der Waals surface area contributed by atoms with Gasteiger partial charge < -0.3 is 18.6 Å². The Morgan fingerprint density at radius 1 is 1.11 bits per heavy atom. The van der Waals surface area contributed by atoms with Gasteiger partial charge in [0.25, 0.3) is 5.91 Å². The van der Waals surface area contributed by atoms with E-state index in [0.717, 1.165) is 0 Å². The van der Waals surface area contributed by atoms with E-state index in [9.17, 15) is 4.79 Å². The molecule has 0 atom stereocenters. The summed E-state index contributed by atoms with van der Waals surface area (Å²) in [6.07, 6.45) is 4.43. The van der Waals surface area contributed by atoms with Gasteiger partial charge in [0.15, 0.2) is 11.5 Å². The van der Waals surface area contributed by atoms with Gasteiger partial charge in [-0.25, -0.2) is 0 Å². The maximum Gasteiger partial charge on any atom is 0.254 e. The minimum absolute atomic E-state index is 0.204. The average Bonchev–Trinajstić information content (AvgIpc) is 3.14. The molecule has 0 aliphatic rings. The Balaban J connectivity index is 1.63. The first-order chi connectivity index (χ1) is 9.33. The van der Waals surface area contributed by atoms with Gasteiger partial charge >= 0.3 is 0 Å². The fourth-order valence-corrected chi connectivity index (χ4v) is 1.69. The van der Waals surface area contributed by atoms with Crippen molar-refractivity contribution >= 4 is 5.91 Å². The third kappa shape index (κ3) is 2.44. The third-order valence-corrected chi connectivity index (χ3v) is 2.63. The van der Waals surface area contributed by atoms with Crippen molar-refractivity contribution in [3.05, 3.63) is 60.4 Å². The summed E-state index contributed by atoms with van der Waals surface area (Å²) in [4.78, 5) is 11.7. The fourth-order valence-electron chi connectivity index (χ4n) is 1.69. The zero-order valence-electron chi connectivity index (χ0n) is 9.96. The van der Waals surface area contributed by atoms with Gasteiger partial charge in [0.05, 0.1) is 24.6 Å². The van der Waals surface area contributed by atoms with Crippen LogP contribution in [-0.2, 0) is 6.54 Å². The molecule has 1 N–H and O–H groups in total. The Morgan fingerprint density at radius 3 is 2.79 bits per heavy atom. The lowest BCUT2D eigenvalue weighted by Crippen LogP contribution is -2.21. The zero-order valence-corrected chi connectivity index (χ0v) is 9.96. The van der Waals surface area contributed by atoms with E-state index >= 15 is 0 Å². The molecule has 0 spiro atoms. The monoisotopic (exact) mass is 257 g/mol. The van der Waals surface area contributed by atoms with Crippen LogP contribution in [0, 0.1) is 0 Å². The van der Waals surface area contributed by atoms with Gasteiger partial charge in [0.2, 0.25) is 0 Å². The molecule has 0 saturated heterocycles. The van der Waals surface area contributed by atoms with Crippen molar-refractivity contribution in [2.45, 2.75) is 6.54 Å². The number of nitrogens with one attached hydrogen (secondary N) is 1. The van der Waals surface area contributed by atoms with E-state index in [1.807, 2.05) is 6.07 Å². The minimum Gasteiger partial charge on any atom is -0.472 e. The normalized spacial score (nSPS) is 10.5. The molecular formula is C14H11NO4. The van der Waals surface area contributed by atoms with Gasteiger partial charge in [-0.3, -0.25) is 4.79 Å². The Bertz CT molecular complexity index is 650. The summed E-state index contributed by atoms with van der Waals surface area (Å²) in [6.45, 7) is 0.310. The predicted octanol–water partition coefficient (Wildman–Crippen LogP) is 3.06. The molecule has 3 heterocycles. The lowest BCUT2D eigenvalue weighted by atomic mass is 10.3. The smallest absolute Gasteiger partial charge is 0.254 e. The lowest BCUT2D eigenvalue weighted by molar-refractivity contribution is 0.0947. The van der Waals surface area contributed by atoms with Crippen LogP contribution in [0.5, 0.6) is 0 Å². The first-order valence-electron chi connectivity index (χ1n) is 5.76. The summed E-state index contributed by atoms with van der Waals surface area (Å²) in [5.74, 6) is 1.75. The standard InChI is InChI=1S/C14H11NO4/c16-14(10-5-7-17-9-10)15-8-11-3-4-13(19-11)12-2-1-6-18-12/h1-7,9H,8H2,(H,15,16). The molecule has 0 bridgehead atoms. The summed E-state index contributed by atoms with van der Waals surface area (Å²) in [5, 5.41) is 2.74. The molecule has 3 aromatic heterocycles. The molecule has 5 heteroatoms. The van der Waals surface area contributed by atoms with E-state index in [1.54, 1.807) is 30.5 Å². The topological polar surface area (TPSA) is 68.5 Å². The molecule has 0 fully saturated rings. The van der Waals surface area contributed by atoms with E-state index in [-0.39, 0.29) is 5.91 Å². The number of hydrogen-bond donors (Lipinski definition) is 1. The van der Waals surface area contributed by atoms with Gasteiger partial charge in [-0.1, -0.05) is 0 Å². The molecule has 0 aliphatic carbocycles. The van der Waals surface area contributed by atoms with Crippen LogP contribution >= 0.6 is 0 Å². The molecule has 1 amide bonds. The van der Waals surface area contributed by atoms with E-state index in [4.69, 9.17) is 13.3 Å². The molecule has 0 aromatic carbocycles. The van der Waals surface area contributed by atoms with Crippen molar-refractivity contribution in [3.8, 4) is 11.5 Å². The van der Waals surface area contributed by atoms with Gasteiger partial charge in [-0.15, -0.1) is 0 Å². The van der Waals surface area contributed by atoms with Crippen LogP contribution in [0.25, 0.3) is 11.5 Å². The fraction of sp³-hybridized carbons (Fsp3) is 0.0714. The van der Waals surface area contributed by atoms with E-state index < -0.39 is 0 Å². The summed E-state index contributed by atoms with van der Waals surface area (Å²) in [5.41, 5.74) is 0.484. The van der Waals surface area contributed by atoms with Gasteiger partial charge in [-0.05, 0) is 30.3 Å². The SMILES string of the molecule is O=C(NCc1ccc(-c2ccco2)o1)c1ccoc1. The number of rotatable bonds is 4. The highest BCUT2D eigenvalue weighted by Gasteiger charge is 2.10. The summed E-state index contributed by atoms with van der Waals surface area (Å²) >= 11 is 0. The lowest BCUT2D eigenvalue weighted by Gasteiger charge is -2.00. The first kappa shape index (κ1) is 11.4. The Labute approximate surface area is 108 Å². The minimum atomic E-state index is -0.204. The largest absolute Gasteiger partial charge is 0.472 e. The van der Waals surface area contributed by atoms with E-state index in [2.05, 4.69) is 5.32 Å². The second-order valence-corrected chi connectivity index (χ2v) is 3.94. The van der Waals surface area contributed by atoms with Crippen LogP contribution in [0.4, 0.5) is 0 Å². The van der Waals surface area contributed by atoms with Crippen LogP contribution in [0.3, 0.4) is 0 Å². The highest BCUT2D eigenvalue weighted by molar-refractivity contribution is 5.93. The zero-order chi connectivity index (χ0) is 13.1. The molecule has 96 valence electrons. The predicted molar refractivity (Wildman–Crippen MR) is 66.3 cm³/mol. The van der Waals surface area contributed by atoms with Gasteiger partial charge in [0.1, 0.15) is 12.0 Å². The molecule has 3 aromatic rings. The highest BCUT2D eigenvalue weighted by Crippen LogP contribution is 2.22. The van der Waals surface area contributed by atoms with Crippen LogP contribution in [0.2, 0.25) is 0 Å². The summed E-state index contributed by atoms with van der Waals surface area (Å²) < 4.78 is 15.6. The second kappa shape index (κ2) is 4.89. The number of carbonyl (C=O) groups is 1. The second-order valence-electron chi connectivity index (χ2n) is 3.94. The van der Waals surface area contributed by atoms with Crippen LogP contribution in [-0.4, -0.2) is 5.91 Å². The molecule has 0 saturated carbocycles. The van der Waals surface area contributed by atoms with E-state index in [1.165, 1.54) is 12.5 Å². The Kier molecular flexibility index (Phi) is 2.94. The number of furan rings is 3. The molecular weight excluding hydrogens is 246 g/mol. The molecule has 3 rings (SSSR count). The summed E-state index contributed by atoms with van der Waals surface area (Å²) in [7, 11) is 0. The van der Waals surface area contributed by atoms with E-state index in [0.29, 0.717) is 29.4 Å². The number of carbonyl (C=O) groups excluding carboxylic acids is 1. The third-order valence-electron chi connectivity index (χ3n) is 2.63. The van der Waals surface area contributed by atoms with Gasteiger partial charge in [0, 0.05) is 0 Å². The quantitative estimate of drug-likeness (QED) is 0.779. The summed E-state index contributed by atoms with van der Waals surface area (Å²) in [6, 6.07) is 8.81. The van der Waals surface area contributed by atoms with Crippen LogP contribution in [0.15, 0.2) is 62.4 Å². The van der Waals surface area contributed by atoms with Crippen molar-refractivity contribution < 1.29 is 18.0 Å². The molecule has 5 nitrogen and oxygen atoms in total. The van der Waals surface area contributed by atoms with Crippen molar-refractivity contribution in [1.29, 1.82) is 0 Å². The van der Waals surface area contributed by atoms with Gasteiger partial charge in [-0.2, -0.15) is 0 Å². The Hall–Kier alpha value is -2.69. The number of amides is 1. The highest BCUT2D eigenvalue weighted by atomic mass is 16.4. The maximum absolute atomic E-state index is 11.7. The van der Waals surface area contributed by atoms with Crippen molar-refractivity contribution in [2.75, 3.05) is 0 Å². The maximum atomic E-state index is 11.7. The van der Waals surface area contributed by atoms with Crippen molar-refractivity contribution in [1.82, 2.24) is 5.32 Å². The van der Waals surface area contributed by atoms with Crippen molar-refractivity contribution in [3.63, 3.8) is 0 Å². The van der Waals surface area contributed by atoms with Crippen LogP contribution < -0.4 is 5.32 Å². The van der Waals surface area contributed by atoms with Crippen LogP contribution in [0.1, 0.15) is 16.1 Å².